The molecule has 0 spiro atoms. The van der Waals surface area contributed by atoms with Gasteiger partial charge in [-0.05, 0) is 55.7 Å². The molecule has 2 aromatic heterocycles. The summed E-state index contributed by atoms with van der Waals surface area (Å²) in [6.07, 6.45) is 12.9. The highest BCUT2D eigenvalue weighted by Crippen LogP contribution is 2.44. The maximum atomic E-state index is 5.42. The van der Waals surface area contributed by atoms with Crippen LogP contribution in [0.2, 0.25) is 0 Å². The van der Waals surface area contributed by atoms with Crippen molar-refractivity contribution in [1.82, 2.24) is 20.4 Å². The smallest absolute Gasteiger partial charge is 0.191 e. The number of hydrogen-bond acceptors (Lipinski definition) is 3. The van der Waals surface area contributed by atoms with Crippen LogP contribution in [0.4, 0.5) is 0 Å². The molecule has 2 N–H and O–H groups in total. The number of furan rings is 1. The van der Waals surface area contributed by atoms with E-state index in [0.29, 0.717) is 6.04 Å². The summed E-state index contributed by atoms with van der Waals surface area (Å²) in [5, 5.41) is 11.4. The molecule has 6 nitrogen and oxygen atoms in total. The summed E-state index contributed by atoms with van der Waals surface area (Å²) >= 11 is 0. The Kier molecular flexibility index (Phi) is 5.57. The van der Waals surface area contributed by atoms with Crippen LogP contribution in [0.5, 0.6) is 0 Å². The maximum absolute atomic E-state index is 5.42. The van der Waals surface area contributed by atoms with Gasteiger partial charge in [0.1, 0.15) is 5.76 Å². The van der Waals surface area contributed by atoms with Gasteiger partial charge in [0.05, 0.1) is 6.26 Å². The molecular weight excluding hydrogens is 326 g/mol. The molecule has 2 saturated carbocycles. The Labute approximate surface area is 155 Å². The number of nitrogens with one attached hydrogen (secondary N) is 2. The first-order valence-electron chi connectivity index (χ1n) is 9.91. The molecule has 0 aromatic carbocycles. The molecular formula is C20H29N5O. The number of hydrogen-bond donors (Lipinski definition) is 2. The maximum Gasteiger partial charge on any atom is 0.191 e. The summed E-state index contributed by atoms with van der Waals surface area (Å²) in [5.41, 5.74) is 0. The lowest BCUT2D eigenvalue weighted by Crippen LogP contribution is -2.46. The molecule has 2 aliphatic rings. The van der Waals surface area contributed by atoms with Gasteiger partial charge in [0.25, 0.3) is 0 Å². The molecule has 3 atom stereocenters. The Morgan fingerprint density at radius 3 is 3.04 bits per heavy atom. The van der Waals surface area contributed by atoms with Crippen LogP contribution in [0.25, 0.3) is 0 Å². The highest BCUT2D eigenvalue weighted by molar-refractivity contribution is 5.80. The Hall–Kier alpha value is -2.24. The van der Waals surface area contributed by atoms with Gasteiger partial charge >= 0.3 is 0 Å². The summed E-state index contributed by atoms with van der Waals surface area (Å²) in [5.74, 6) is 3.73. The minimum atomic E-state index is 0.592. The van der Waals surface area contributed by atoms with Crippen molar-refractivity contribution in [3.8, 4) is 0 Å². The zero-order chi connectivity index (χ0) is 17.6. The molecule has 2 aromatic rings. The monoisotopic (exact) mass is 355 g/mol. The summed E-state index contributed by atoms with van der Waals surface area (Å²) in [6.45, 7) is 2.54. The molecule has 2 aliphatic carbocycles. The van der Waals surface area contributed by atoms with Crippen LogP contribution in [-0.2, 0) is 13.0 Å². The van der Waals surface area contributed by atoms with E-state index in [-0.39, 0.29) is 0 Å². The minimum absolute atomic E-state index is 0.592. The van der Waals surface area contributed by atoms with Crippen LogP contribution >= 0.6 is 0 Å². The molecule has 0 amide bonds. The first-order valence-corrected chi connectivity index (χ1v) is 9.91. The molecule has 6 heteroatoms. The third kappa shape index (κ3) is 4.48. The predicted octanol–water partition coefficient (Wildman–Crippen LogP) is 2.83. The lowest BCUT2D eigenvalue weighted by molar-refractivity contribution is 0.387. The standard InChI is InChI=1S/C20H29N5O/c1-4-18(26-13-1)7-10-22-20(21-8-2-11-25-12-3-9-23-25)24-19-15-16-5-6-17(19)14-16/h1,3-4,9,12-13,16-17,19H,2,5-8,10-11,14-15H2,(H2,21,22,24). The van der Waals surface area contributed by atoms with Gasteiger partial charge < -0.3 is 15.1 Å². The van der Waals surface area contributed by atoms with Gasteiger partial charge in [-0.1, -0.05) is 6.42 Å². The number of aliphatic imine (C=N–C) groups is 1. The zero-order valence-corrected chi connectivity index (χ0v) is 15.3. The third-order valence-corrected chi connectivity index (χ3v) is 5.68. The second-order valence-corrected chi connectivity index (χ2v) is 7.53. The fourth-order valence-electron chi connectivity index (χ4n) is 4.36. The van der Waals surface area contributed by atoms with Gasteiger partial charge in [-0.3, -0.25) is 9.67 Å². The lowest BCUT2D eigenvalue weighted by Gasteiger charge is -2.25. The lowest BCUT2D eigenvalue weighted by atomic mass is 9.95. The van der Waals surface area contributed by atoms with Crippen molar-refractivity contribution in [2.45, 2.75) is 51.1 Å². The van der Waals surface area contributed by atoms with Crippen molar-refractivity contribution in [3.05, 3.63) is 42.6 Å². The molecule has 0 saturated heterocycles. The van der Waals surface area contributed by atoms with Gasteiger partial charge in [0.2, 0.25) is 0 Å². The average Bonchev–Trinajstić information content (AvgIpc) is 3.44. The fraction of sp³-hybridized carbons (Fsp3) is 0.600. The normalized spacial score (nSPS) is 24.9. The second-order valence-electron chi connectivity index (χ2n) is 7.53. The van der Waals surface area contributed by atoms with Crippen LogP contribution in [-0.4, -0.2) is 34.9 Å². The quantitative estimate of drug-likeness (QED) is 0.434. The minimum Gasteiger partial charge on any atom is -0.469 e. The van der Waals surface area contributed by atoms with E-state index in [0.717, 1.165) is 56.0 Å². The largest absolute Gasteiger partial charge is 0.469 e. The van der Waals surface area contributed by atoms with Crippen molar-refractivity contribution in [1.29, 1.82) is 0 Å². The van der Waals surface area contributed by atoms with E-state index in [9.17, 15) is 0 Å². The molecule has 2 fully saturated rings. The molecule has 140 valence electrons. The molecule has 26 heavy (non-hydrogen) atoms. The molecule has 0 aliphatic heterocycles. The third-order valence-electron chi connectivity index (χ3n) is 5.68. The van der Waals surface area contributed by atoms with Gasteiger partial charge in [-0.2, -0.15) is 5.10 Å². The Balaban J connectivity index is 1.28. The van der Waals surface area contributed by atoms with E-state index in [1.54, 1.807) is 6.26 Å². The SMILES string of the molecule is c1coc(CCNC(=NCCCn2cccn2)NC2CC3CCC2C3)c1. The van der Waals surface area contributed by atoms with E-state index < -0.39 is 0 Å². The topological polar surface area (TPSA) is 67.4 Å². The number of aryl methyl sites for hydroxylation is 1. The number of rotatable bonds is 8. The molecule has 0 radical (unpaired) electrons. The van der Waals surface area contributed by atoms with Crippen LogP contribution < -0.4 is 10.6 Å². The van der Waals surface area contributed by atoms with E-state index in [4.69, 9.17) is 9.41 Å². The molecule has 3 unspecified atom stereocenters. The molecule has 2 heterocycles. The number of fused-ring (bicyclic) bond motifs is 2. The molecule has 2 bridgehead atoms. The van der Waals surface area contributed by atoms with Crippen LogP contribution in [0.1, 0.15) is 37.9 Å². The van der Waals surface area contributed by atoms with Gasteiger partial charge in [0.15, 0.2) is 5.96 Å². The number of guanidine groups is 1. The van der Waals surface area contributed by atoms with E-state index in [1.165, 1.54) is 25.7 Å². The first kappa shape index (κ1) is 17.2. The summed E-state index contributed by atoms with van der Waals surface area (Å²) < 4.78 is 7.38. The predicted molar refractivity (Wildman–Crippen MR) is 102 cm³/mol. The first-order chi connectivity index (χ1) is 12.9. The van der Waals surface area contributed by atoms with Crippen molar-refractivity contribution in [2.24, 2.45) is 16.8 Å². The fourth-order valence-corrected chi connectivity index (χ4v) is 4.36. The Morgan fingerprint density at radius 2 is 2.31 bits per heavy atom. The van der Waals surface area contributed by atoms with Gasteiger partial charge in [0, 0.05) is 44.5 Å². The van der Waals surface area contributed by atoms with Crippen LogP contribution in [0.3, 0.4) is 0 Å². The zero-order valence-electron chi connectivity index (χ0n) is 15.3. The van der Waals surface area contributed by atoms with Crippen molar-refractivity contribution in [2.75, 3.05) is 13.1 Å². The number of aromatic nitrogens is 2. The summed E-state index contributed by atoms with van der Waals surface area (Å²) in [6, 6.07) is 6.51. The summed E-state index contributed by atoms with van der Waals surface area (Å²) in [4.78, 5) is 4.81. The Morgan fingerprint density at radius 1 is 1.31 bits per heavy atom. The van der Waals surface area contributed by atoms with Crippen LogP contribution in [0, 0.1) is 11.8 Å². The van der Waals surface area contributed by atoms with E-state index in [1.807, 2.05) is 35.3 Å². The van der Waals surface area contributed by atoms with Gasteiger partial charge in [-0.15, -0.1) is 0 Å². The van der Waals surface area contributed by atoms with E-state index in [2.05, 4.69) is 15.7 Å². The van der Waals surface area contributed by atoms with Gasteiger partial charge in [-0.25, -0.2) is 0 Å². The Bertz CT molecular complexity index is 679. The van der Waals surface area contributed by atoms with Crippen molar-refractivity contribution >= 4 is 5.96 Å². The summed E-state index contributed by atoms with van der Waals surface area (Å²) in [7, 11) is 0. The van der Waals surface area contributed by atoms with Crippen LogP contribution in [0.15, 0.2) is 46.3 Å². The highest BCUT2D eigenvalue weighted by atomic mass is 16.3. The number of nitrogens with zero attached hydrogens (tertiary/aromatic N) is 3. The molecule has 4 rings (SSSR count). The van der Waals surface area contributed by atoms with E-state index >= 15 is 0 Å². The highest BCUT2D eigenvalue weighted by Gasteiger charge is 2.39. The average molecular weight is 355 g/mol. The van der Waals surface area contributed by atoms with Crippen molar-refractivity contribution < 1.29 is 4.42 Å². The second kappa shape index (κ2) is 8.43. The van der Waals surface area contributed by atoms with Crippen molar-refractivity contribution in [3.63, 3.8) is 0 Å².